The predicted octanol–water partition coefficient (Wildman–Crippen LogP) is 3.16. The summed E-state index contributed by atoms with van der Waals surface area (Å²) < 4.78 is 5.27. The molecule has 1 aromatic heterocycles. The van der Waals surface area contributed by atoms with Crippen molar-refractivity contribution in [3.63, 3.8) is 0 Å². The van der Waals surface area contributed by atoms with Gasteiger partial charge in [0, 0.05) is 11.8 Å². The third-order valence-electron chi connectivity index (χ3n) is 2.72. The molecule has 2 N–H and O–H groups in total. The lowest BCUT2D eigenvalue weighted by Gasteiger charge is -2.11. The Kier molecular flexibility index (Phi) is 5.27. The van der Waals surface area contributed by atoms with E-state index in [0.29, 0.717) is 22.7 Å². The number of aromatic nitrogens is 2. The van der Waals surface area contributed by atoms with Crippen molar-refractivity contribution < 1.29 is 4.74 Å². The molecule has 0 aliphatic carbocycles. The van der Waals surface area contributed by atoms with Crippen molar-refractivity contribution in [2.24, 2.45) is 0 Å². The zero-order chi connectivity index (χ0) is 15.2. The van der Waals surface area contributed by atoms with Crippen LogP contribution in [0.25, 0.3) is 0 Å². The Labute approximate surface area is 128 Å². The summed E-state index contributed by atoms with van der Waals surface area (Å²) in [6.07, 6.45) is 0. The van der Waals surface area contributed by atoms with Crippen molar-refractivity contribution in [3.05, 3.63) is 46.4 Å². The van der Waals surface area contributed by atoms with Gasteiger partial charge in [-0.3, -0.25) is 9.78 Å². The van der Waals surface area contributed by atoms with E-state index in [4.69, 9.17) is 4.74 Å². The van der Waals surface area contributed by atoms with Gasteiger partial charge >= 0.3 is 0 Å². The van der Waals surface area contributed by atoms with Crippen molar-refractivity contribution in [1.29, 1.82) is 0 Å². The number of nitrogens with one attached hydrogen (secondary N) is 2. The van der Waals surface area contributed by atoms with Crippen LogP contribution in [0.3, 0.4) is 0 Å². The number of methoxy groups -OCH3 is 1. The number of H-pyrrole nitrogens is 1. The second-order valence-corrected chi connectivity index (χ2v) is 6.34. The van der Waals surface area contributed by atoms with E-state index in [-0.39, 0.29) is 5.56 Å². The molecule has 5 nitrogen and oxygen atoms in total. The van der Waals surface area contributed by atoms with Crippen LogP contribution in [0.15, 0.2) is 35.1 Å². The summed E-state index contributed by atoms with van der Waals surface area (Å²) >= 11 is 1.75. The van der Waals surface area contributed by atoms with Gasteiger partial charge in [-0.1, -0.05) is 26.0 Å². The highest BCUT2D eigenvalue weighted by molar-refractivity contribution is 7.99. The van der Waals surface area contributed by atoms with Gasteiger partial charge in [-0.2, -0.15) is 11.8 Å². The second-order valence-electron chi connectivity index (χ2n) is 4.77. The molecule has 0 fully saturated rings. The highest BCUT2D eigenvalue weighted by Crippen LogP contribution is 2.25. The van der Waals surface area contributed by atoms with Crippen molar-refractivity contribution in [1.82, 2.24) is 9.97 Å². The molecule has 0 saturated heterocycles. The smallest absolute Gasteiger partial charge is 0.252 e. The van der Waals surface area contributed by atoms with Crippen LogP contribution in [0.1, 0.15) is 19.5 Å². The van der Waals surface area contributed by atoms with Gasteiger partial charge in [-0.15, -0.1) is 0 Å². The average molecular weight is 305 g/mol. The number of rotatable bonds is 6. The quantitative estimate of drug-likeness (QED) is 0.858. The molecule has 2 rings (SSSR count). The Hall–Kier alpha value is -1.95. The fourth-order valence-electron chi connectivity index (χ4n) is 1.77. The lowest BCUT2D eigenvalue weighted by atomic mass is 10.3. The number of aromatic amines is 1. The first-order valence-electron chi connectivity index (χ1n) is 6.70. The molecule has 112 valence electrons. The van der Waals surface area contributed by atoms with Gasteiger partial charge in [0.05, 0.1) is 18.5 Å². The summed E-state index contributed by atoms with van der Waals surface area (Å²) in [5.74, 6) is 1.83. The monoisotopic (exact) mass is 305 g/mol. The Morgan fingerprint density at radius 1 is 1.38 bits per heavy atom. The number of anilines is 2. The third kappa shape index (κ3) is 4.53. The van der Waals surface area contributed by atoms with E-state index in [1.54, 1.807) is 18.9 Å². The van der Waals surface area contributed by atoms with Gasteiger partial charge < -0.3 is 10.1 Å². The molecule has 1 aromatic carbocycles. The fourth-order valence-corrected chi connectivity index (χ4v) is 2.42. The van der Waals surface area contributed by atoms with E-state index in [2.05, 4.69) is 29.1 Å². The van der Waals surface area contributed by atoms with Crippen molar-refractivity contribution >= 4 is 23.4 Å². The molecule has 0 atom stereocenters. The summed E-state index contributed by atoms with van der Waals surface area (Å²) in [4.78, 5) is 18.9. The minimum atomic E-state index is -0.165. The summed E-state index contributed by atoms with van der Waals surface area (Å²) in [5.41, 5.74) is 1.36. The number of hydrogen-bond acceptors (Lipinski definition) is 5. The summed E-state index contributed by atoms with van der Waals surface area (Å²) in [5, 5.41) is 3.59. The van der Waals surface area contributed by atoms with Gasteiger partial charge in [0.1, 0.15) is 5.75 Å². The highest BCUT2D eigenvalue weighted by Gasteiger charge is 2.06. The first-order valence-corrected chi connectivity index (χ1v) is 7.75. The topological polar surface area (TPSA) is 67.0 Å². The molecule has 0 saturated carbocycles. The van der Waals surface area contributed by atoms with Crippen LogP contribution < -0.4 is 15.6 Å². The number of benzene rings is 1. The molecular weight excluding hydrogens is 286 g/mol. The molecule has 0 amide bonds. The Morgan fingerprint density at radius 2 is 2.14 bits per heavy atom. The molecule has 0 aliphatic heterocycles. The Morgan fingerprint density at radius 3 is 2.86 bits per heavy atom. The summed E-state index contributed by atoms with van der Waals surface area (Å²) in [6.45, 7) is 4.23. The molecule has 0 bridgehead atoms. The van der Waals surface area contributed by atoms with Gasteiger partial charge in [0.2, 0.25) is 5.95 Å². The standard InChI is InChI=1S/C15H19N3O2S/c1-10(2)21-9-11-8-14(19)18-15(16-11)17-12-6-4-5-7-13(12)20-3/h4-8,10H,9H2,1-3H3,(H2,16,17,18,19). The molecule has 6 heteroatoms. The molecule has 0 aliphatic rings. The van der Waals surface area contributed by atoms with Crippen LogP contribution in [0.5, 0.6) is 5.75 Å². The molecule has 0 radical (unpaired) electrons. The normalized spacial score (nSPS) is 10.7. The first kappa shape index (κ1) is 15.4. The number of para-hydroxylation sites is 2. The molecule has 2 aromatic rings. The van der Waals surface area contributed by atoms with Crippen molar-refractivity contribution in [2.75, 3.05) is 12.4 Å². The Bertz CT molecular complexity index is 655. The van der Waals surface area contributed by atoms with Gasteiger partial charge in [-0.25, -0.2) is 4.98 Å². The minimum absolute atomic E-state index is 0.165. The number of hydrogen-bond donors (Lipinski definition) is 2. The third-order valence-corrected chi connectivity index (χ3v) is 3.85. The average Bonchev–Trinajstić information content (AvgIpc) is 2.45. The van der Waals surface area contributed by atoms with E-state index in [0.717, 1.165) is 11.4 Å². The van der Waals surface area contributed by atoms with E-state index in [1.807, 2.05) is 24.3 Å². The fraction of sp³-hybridized carbons (Fsp3) is 0.333. The van der Waals surface area contributed by atoms with Crippen molar-refractivity contribution in [3.8, 4) is 5.75 Å². The predicted molar refractivity (Wildman–Crippen MR) is 87.6 cm³/mol. The lowest BCUT2D eigenvalue weighted by Crippen LogP contribution is -2.12. The van der Waals surface area contributed by atoms with Crippen LogP contribution in [0.2, 0.25) is 0 Å². The lowest BCUT2D eigenvalue weighted by molar-refractivity contribution is 0.417. The largest absolute Gasteiger partial charge is 0.495 e. The summed E-state index contributed by atoms with van der Waals surface area (Å²) in [7, 11) is 1.60. The highest BCUT2D eigenvalue weighted by atomic mass is 32.2. The SMILES string of the molecule is COc1ccccc1Nc1nc(CSC(C)C)cc(=O)[nH]1. The zero-order valence-electron chi connectivity index (χ0n) is 12.3. The van der Waals surface area contributed by atoms with Crippen LogP contribution in [-0.2, 0) is 5.75 Å². The number of ether oxygens (including phenoxy) is 1. The summed E-state index contributed by atoms with van der Waals surface area (Å²) in [6, 6.07) is 9.02. The Balaban J connectivity index is 2.21. The van der Waals surface area contributed by atoms with Gasteiger partial charge in [-0.05, 0) is 17.4 Å². The zero-order valence-corrected chi connectivity index (χ0v) is 13.2. The molecule has 21 heavy (non-hydrogen) atoms. The van der Waals surface area contributed by atoms with E-state index >= 15 is 0 Å². The van der Waals surface area contributed by atoms with Crippen LogP contribution >= 0.6 is 11.8 Å². The molecule has 0 spiro atoms. The van der Waals surface area contributed by atoms with Gasteiger partial charge in [0.15, 0.2) is 0 Å². The van der Waals surface area contributed by atoms with Gasteiger partial charge in [0.25, 0.3) is 5.56 Å². The first-order chi connectivity index (χ1) is 10.1. The van der Waals surface area contributed by atoms with E-state index < -0.39 is 0 Å². The molecule has 0 unspecified atom stereocenters. The maximum absolute atomic E-state index is 11.7. The minimum Gasteiger partial charge on any atom is -0.495 e. The number of nitrogens with zero attached hydrogens (tertiary/aromatic N) is 1. The molecular formula is C15H19N3O2S. The van der Waals surface area contributed by atoms with Crippen molar-refractivity contribution in [2.45, 2.75) is 24.9 Å². The van der Waals surface area contributed by atoms with Crippen LogP contribution in [-0.4, -0.2) is 22.3 Å². The number of thioether (sulfide) groups is 1. The second kappa shape index (κ2) is 7.17. The maximum Gasteiger partial charge on any atom is 0.252 e. The maximum atomic E-state index is 11.7. The van der Waals surface area contributed by atoms with E-state index in [1.165, 1.54) is 6.07 Å². The molecule has 1 heterocycles. The van der Waals surface area contributed by atoms with E-state index in [9.17, 15) is 4.79 Å². The van der Waals surface area contributed by atoms with Crippen LogP contribution in [0, 0.1) is 0 Å². The van der Waals surface area contributed by atoms with Crippen LogP contribution in [0.4, 0.5) is 11.6 Å².